The molecule has 2 fully saturated rings. The number of piperidine rings is 2. The molecule has 3 heterocycles. The molecule has 25 nitrogen and oxygen atoms in total. The Kier molecular flexibility index (Phi) is 32.4. The highest BCUT2D eigenvalue weighted by atomic mass is 16.6. The molecule has 2 saturated heterocycles. The van der Waals surface area contributed by atoms with Crippen LogP contribution in [-0.4, -0.2) is 201 Å². The molecular formula is C57H95N11O14. The van der Waals surface area contributed by atoms with Gasteiger partial charge in [0.25, 0.3) is 0 Å². The van der Waals surface area contributed by atoms with E-state index in [-0.39, 0.29) is 67.2 Å². The second-order valence-electron chi connectivity index (χ2n) is 21.7. The van der Waals surface area contributed by atoms with E-state index in [1.54, 1.807) is 101 Å². The minimum absolute atomic E-state index is 0.0146. The summed E-state index contributed by atoms with van der Waals surface area (Å²) in [5, 5.41) is 22.4. The molecule has 0 unspecified atom stereocenters. The van der Waals surface area contributed by atoms with Gasteiger partial charge in [0, 0.05) is 84.1 Å². The Hall–Kier alpha value is -6.27. The fourth-order valence-corrected chi connectivity index (χ4v) is 9.34. The summed E-state index contributed by atoms with van der Waals surface area (Å²) in [6, 6.07) is 1.48. The number of rotatable bonds is 19. The maximum Gasteiger partial charge on any atom is 0.413 e. The molecule has 0 aromatic carbocycles. The fourth-order valence-electron chi connectivity index (χ4n) is 9.34. The zero-order valence-corrected chi connectivity index (χ0v) is 51.0. The lowest BCUT2D eigenvalue weighted by Gasteiger charge is -2.44. The number of esters is 2. The van der Waals surface area contributed by atoms with Crippen LogP contribution in [0.25, 0.3) is 5.82 Å². The molecule has 25 heteroatoms. The van der Waals surface area contributed by atoms with Gasteiger partial charge in [-0.3, -0.25) is 35.0 Å². The van der Waals surface area contributed by atoms with Gasteiger partial charge in [-0.05, 0) is 114 Å². The maximum absolute atomic E-state index is 12.8. The molecule has 2 aliphatic heterocycles. The molecule has 0 radical (unpaired) electrons. The molecule has 82 heavy (non-hydrogen) atoms. The highest BCUT2D eigenvalue weighted by Gasteiger charge is 2.42. The van der Waals surface area contributed by atoms with Gasteiger partial charge in [-0.15, -0.1) is 0 Å². The van der Waals surface area contributed by atoms with E-state index in [1.165, 1.54) is 25.5 Å². The molecule has 462 valence electrons. The molecule has 4 aliphatic rings. The van der Waals surface area contributed by atoms with Crippen molar-refractivity contribution in [2.24, 2.45) is 10.7 Å². The monoisotopic (exact) mass is 1160 g/mol. The third-order valence-electron chi connectivity index (χ3n) is 12.5. The van der Waals surface area contributed by atoms with Crippen LogP contribution < -0.4 is 27.0 Å². The molecule has 0 bridgehead atoms. The number of likely N-dealkylation sites (tertiary alicyclic amines) is 2. The SMILES string of the molecule is C=C(NC(=O)OC(C)(C)C)n1cccn1.CC#N.CCOC(=O)C1=C[C@@H](N2CCC[C@@H](OCCOC)C2)[C@H](NC(C)=O)[C@@H](N)C1.CCOC(=O)C1=C[C@@H](N2CCC[C@@H](OCCOC)C2)[C@H](NC(C)=O)[C@@H](N=C(C)NC(=O)OC(C)(C)C)C1. The number of aromatic nitrogens is 2. The number of amides is 4. The Balaban J connectivity index is 0.000000443. The average molecular weight is 1160 g/mol. The number of nitrogens with zero attached hydrogens (tertiary/aromatic N) is 6. The van der Waals surface area contributed by atoms with Crippen LogP contribution >= 0.6 is 0 Å². The number of hydrogen-bond acceptors (Lipinski definition) is 20. The molecule has 0 saturated carbocycles. The van der Waals surface area contributed by atoms with Crippen LogP contribution in [0.1, 0.15) is 122 Å². The Morgan fingerprint density at radius 2 is 1.20 bits per heavy atom. The summed E-state index contributed by atoms with van der Waals surface area (Å²) in [5.74, 6) is -0.378. The molecular weight excluding hydrogens is 1060 g/mol. The van der Waals surface area contributed by atoms with Gasteiger partial charge in [0.2, 0.25) is 11.8 Å². The number of nitrogens with one attached hydrogen (secondary N) is 4. The minimum Gasteiger partial charge on any atom is -0.463 e. The van der Waals surface area contributed by atoms with E-state index in [9.17, 15) is 28.8 Å². The van der Waals surface area contributed by atoms with E-state index in [0.29, 0.717) is 68.8 Å². The highest BCUT2D eigenvalue weighted by Crippen LogP contribution is 2.30. The van der Waals surface area contributed by atoms with Crippen molar-refractivity contribution in [2.75, 3.05) is 80.0 Å². The molecule has 5 rings (SSSR count). The second kappa shape index (κ2) is 37.0. The lowest BCUT2D eigenvalue weighted by molar-refractivity contribution is -0.139. The fraction of sp³-hybridized carbons (Fsp3) is 0.702. The Morgan fingerprint density at radius 1 is 0.744 bits per heavy atom. The summed E-state index contributed by atoms with van der Waals surface area (Å²) in [5.41, 5.74) is 6.24. The van der Waals surface area contributed by atoms with Gasteiger partial charge in [-0.25, -0.2) is 23.9 Å². The van der Waals surface area contributed by atoms with Crippen LogP contribution in [0, 0.1) is 11.3 Å². The van der Waals surface area contributed by atoms with Gasteiger partial charge < -0.3 is 54.3 Å². The average Bonchev–Trinajstić information content (AvgIpc) is 3.93. The molecule has 6 N–H and O–H groups in total. The van der Waals surface area contributed by atoms with Crippen LogP contribution in [0.15, 0.2) is 53.3 Å². The Bertz CT molecular complexity index is 2310. The second-order valence-corrected chi connectivity index (χ2v) is 21.7. The Morgan fingerprint density at radius 3 is 1.62 bits per heavy atom. The van der Waals surface area contributed by atoms with Crippen molar-refractivity contribution in [3.63, 3.8) is 0 Å². The topological polar surface area (TPSA) is 311 Å². The summed E-state index contributed by atoms with van der Waals surface area (Å²) >= 11 is 0. The number of amidine groups is 1. The number of nitrogens with two attached hydrogens (primary N) is 1. The normalized spacial score (nSPS) is 23.0. The first-order valence-electron chi connectivity index (χ1n) is 28.0. The van der Waals surface area contributed by atoms with E-state index in [0.717, 1.165) is 45.3 Å². The third kappa shape index (κ3) is 27.7. The van der Waals surface area contributed by atoms with Gasteiger partial charge in [-0.2, -0.15) is 10.4 Å². The number of carbonyl (C=O) groups is 6. The first-order chi connectivity index (χ1) is 38.7. The molecule has 1 aromatic rings. The van der Waals surface area contributed by atoms with E-state index in [4.69, 9.17) is 53.9 Å². The van der Waals surface area contributed by atoms with E-state index in [1.807, 2.05) is 12.2 Å². The molecule has 4 amide bonds. The van der Waals surface area contributed by atoms with Crippen molar-refractivity contribution in [2.45, 2.75) is 181 Å². The lowest BCUT2D eigenvalue weighted by atomic mass is 9.84. The number of alkyl carbamates (subject to hydrolysis) is 2. The van der Waals surface area contributed by atoms with Crippen molar-refractivity contribution in [3.8, 4) is 6.07 Å². The first-order valence-corrected chi connectivity index (χ1v) is 28.0. The van der Waals surface area contributed by atoms with Gasteiger partial charge in [0.1, 0.15) is 22.9 Å². The van der Waals surface area contributed by atoms with Gasteiger partial charge in [0.05, 0.1) is 88.1 Å². The summed E-state index contributed by atoms with van der Waals surface area (Å²) in [7, 11) is 3.29. The van der Waals surface area contributed by atoms with Crippen molar-refractivity contribution in [1.29, 1.82) is 5.26 Å². The molecule has 8 atom stereocenters. The predicted molar refractivity (Wildman–Crippen MR) is 309 cm³/mol. The number of hydrogen-bond donors (Lipinski definition) is 5. The van der Waals surface area contributed by atoms with E-state index in [2.05, 4.69) is 42.7 Å². The van der Waals surface area contributed by atoms with E-state index >= 15 is 0 Å². The number of nitriles is 1. The minimum atomic E-state index is -0.658. The van der Waals surface area contributed by atoms with Crippen molar-refractivity contribution < 1.29 is 66.7 Å². The van der Waals surface area contributed by atoms with Crippen molar-refractivity contribution in [1.82, 2.24) is 40.8 Å². The summed E-state index contributed by atoms with van der Waals surface area (Å²) in [6.07, 6.45) is 10.5. The largest absolute Gasteiger partial charge is 0.463 e. The standard InChI is InChI=1S/C26H44N4O7.C19H33N3O5.C10H15N3O2.C2H3N/c1-8-35-24(32)19-14-21(27-17(2)28-25(33)37-26(4,5)6)23(29-18(3)31)22(15-19)30-11-9-10-20(16-30)36-13-12-34-7;1-4-26-19(24)14-10-16(20)18(21-13(2)23)17(11-14)22-7-5-6-15(12-22)27-9-8-25-3;1-8(13-7-5-6-11-13)12-9(14)15-10(2,3)4;1-2-3/h15,20-23H,8-14,16H2,1-7H3,(H,29,31)(H,27,28,33);11,15-18H,4-10,12,20H2,1-3H3,(H,21,23);5-7H,1H2,2-4H3,(H,12,14);1H3/t20-,21+,22-,23-;15-,16+,17-,18-;;/m11../s1. The molecule has 2 aliphatic carbocycles. The highest BCUT2D eigenvalue weighted by molar-refractivity contribution is 5.94. The van der Waals surface area contributed by atoms with Crippen molar-refractivity contribution >= 4 is 47.6 Å². The van der Waals surface area contributed by atoms with E-state index < -0.39 is 41.4 Å². The van der Waals surface area contributed by atoms with Gasteiger partial charge >= 0.3 is 24.1 Å². The smallest absolute Gasteiger partial charge is 0.413 e. The van der Waals surface area contributed by atoms with Gasteiger partial charge in [-0.1, -0.05) is 18.7 Å². The van der Waals surface area contributed by atoms with Crippen LogP contribution in [-0.2, 0) is 57.1 Å². The maximum atomic E-state index is 12.8. The molecule has 0 spiro atoms. The predicted octanol–water partition coefficient (Wildman–Crippen LogP) is 4.77. The first kappa shape index (κ1) is 71.8. The number of aliphatic imine (C=N–C) groups is 1. The number of methoxy groups -OCH3 is 2. The van der Waals surface area contributed by atoms with Crippen LogP contribution in [0.4, 0.5) is 9.59 Å². The summed E-state index contributed by atoms with van der Waals surface area (Å²) in [6.45, 7) is 29.7. The number of carbonyl (C=O) groups excluding carboxylic acids is 6. The van der Waals surface area contributed by atoms with Crippen LogP contribution in [0.2, 0.25) is 0 Å². The Labute approximate surface area is 485 Å². The zero-order valence-electron chi connectivity index (χ0n) is 51.0. The summed E-state index contributed by atoms with van der Waals surface area (Å²) < 4.78 is 44.3. The van der Waals surface area contributed by atoms with Crippen molar-refractivity contribution in [3.05, 3.63) is 48.3 Å². The van der Waals surface area contributed by atoms with Gasteiger partial charge in [0.15, 0.2) is 0 Å². The third-order valence-corrected chi connectivity index (χ3v) is 12.5. The quantitative estimate of drug-likeness (QED) is 0.0410. The summed E-state index contributed by atoms with van der Waals surface area (Å²) in [4.78, 5) is 81.8. The lowest BCUT2D eigenvalue weighted by Crippen LogP contribution is -2.62. The zero-order chi connectivity index (χ0) is 61.6. The van der Waals surface area contributed by atoms with Crippen LogP contribution in [0.3, 0.4) is 0 Å². The number of ether oxygens (including phenoxy) is 8. The molecule has 1 aromatic heterocycles. The van der Waals surface area contributed by atoms with Crippen LogP contribution in [0.5, 0.6) is 0 Å².